The van der Waals surface area contributed by atoms with E-state index in [0.29, 0.717) is 11.4 Å². The van der Waals surface area contributed by atoms with Crippen LogP contribution in [0.4, 0.5) is 5.69 Å². The highest BCUT2D eigenvalue weighted by molar-refractivity contribution is 5.93. The Bertz CT molecular complexity index is 922. The lowest BCUT2D eigenvalue weighted by molar-refractivity contribution is -0.117. The van der Waals surface area contributed by atoms with Crippen LogP contribution in [0.1, 0.15) is 24.1 Å². The first-order valence-corrected chi connectivity index (χ1v) is 9.07. The van der Waals surface area contributed by atoms with Crippen LogP contribution in [0, 0.1) is 6.92 Å². The summed E-state index contributed by atoms with van der Waals surface area (Å²) in [7, 11) is 3.53. The van der Waals surface area contributed by atoms with E-state index in [1.54, 1.807) is 18.1 Å². The molecule has 1 amide bonds. The number of hydrogen-bond donors (Lipinski definition) is 1. The zero-order valence-electron chi connectivity index (χ0n) is 16.6. The molecule has 0 aliphatic carbocycles. The van der Waals surface area contributed by atoms with Crippen molar-refractivity contribution in [2.24, 2.45) is 0 Å². The third-order valence-corrected chi connectivity index (χ3v) is 4.74. The van der Waals surface area contributed by atoms with Gasteiger partial charge in [-0.3, -0.25) is 9.69 Å². The standard InChI is InChI=1S/C21H25N5O2/c1-15-5-10-20(28-4)19(11-15)24-21(27)12-25(3)16(2)17-6-8-18(9-7-17)26-14-22-13-23-26/h5-11,13-14,16H,12H2,1-4H3,(H,24,27)/t16-/m0/s1. The minimum Gasteiger partial charge on any atom is -0.495 e. The van der Waals surface area contributed by atoms with Crippen molar-refractivity contribution in [3.05, 3.63) is 66.2 Å². The number of carbonyl (C=O) groups is 1. The summed E-state index contributed by atoms with van der Waals surface area (Å²) in [6.07, 6.45) is 3.17. The van der Waals surface area contributed by atoms with Crippen molar-refractivity contribution in [2.75, 3.05) is 26.0 Å². The molecule has 0 saturated heterocycles. The Balaban J connectivity index is 1.63. The highest BCUT2D eigenvalue weighted by Gasteiger charge is 2.16. The second-order valence-electron chi connectivity index (χ2n) is 6.77. The van der Waals surface area contributed by atoms with Gasteiger partial charge in [0.15, 0.2) is 0 Å². The van der Waals surface area contributed by atoms with E-state index >= 15 is 0 Å². The van der Waals surface area contributed by atoms with Crippen LogP contribution in [0.2, 0.25) is 0 Å². The molecule has 0 aliphatic rings. The van der Waals surface area contributed by atoms with Crippen molar-refractivity contribution in [3.8, 4) is 11.4 Å². The fourth-order valence-corrected chi connectivity index (χ4v) is 2.97. The van der Waals surface area contributed by atoms with Gasteiger partial charge in [-0.2, -0.15) is 5.10 Å². The Morgan fingerprint density at radius 3 is 2.64 bits per heavy atom. The minimum absolute atomic E-state index is 0.0787. The third kappa shape index (κ3) is 4.55. The Hall–Kier alpha value is -3.19. The number of carbonyl (C=O) groups excluding carboxylic acids is 1. The van der Waals surface area contributed by atoms with Crippen molar-refractivity contribution in [1.82, 2.24) is 19.7 Å². The van der Waals surface area contributed by atoms with E-state index < -0.39 is 0 Å². The van der Waals surface area contributed by atoms with Crippen LogP contribution in [-0.4, -0.2) is 46.3 Å². The topological polar surface area (TPSA) is 72.3 Å². The summed E-state index contributed by atoms with van der Waals surface area (Å²) in [5.74, 6) is 0.566. The molecule has 0 unspecified atom stereocenters. The number of benzene rings is 2. The van der Waals surface area contributed by atoms with Crippen LogP contribution in [0.25, 0.3) is 5.69 Å². The van der Waals surface area contributed by atoms with Crippen molar-refractivity contribution in [1.29, 1.82) is 0 Å². The number of likely N-dealkylation sites (N-methyl/N-ethyl adjacent to an activating group) is 1. The van der Waals surface area contributed by atoms with Crippen LogP contribution < -0.4 is 10.1 Å². The van der Waals surface area contributed by atoms with Gasteiger partial charge in [-0.05, 0) is 56.3 Å². The average Bonchev–Trinajstić information content (AvgIpc) is 3.22. The van der Waals surface area contributed by atoms with Gasteiger partial charge >= 0.3 is 0 Å². The second kappa shape index (κ2) is 8.67. The van der Waals surface area contributed by atoms with Crippen molar-refractivity contribution in [3.63, 3.8) is 0 Å². The maximum atomic E-state index is 12.5. The van der Waals surface area contributed by atoms with E-state index in [9.17, 15) is 4.79 Å². The second-order valence-corrected chi connectivity index (χ2v) is 6.77. The molecule has 1 heterocycles. The molecule has 0 fully saturated rings. The normalized spacial score (nSPS) is 12.0. The molecule has 0 radical (unpaired) electrons. The first kappa shape index (κ1) is 19.6. The number of aromatic nitrogens is 3. The fraction of sp³-hybridized carbons (Fsp3) is 0.286. The molecule has 7 heteroatoms. The van der Waals surface area contributed by atoms with Crippen molar-refractivity contribution >= 4 is 11.6 Å². The molecule has 7 nitrogen and oxygen atoms in total. The molecular weight excluding hydrogens is 354 g/mol. The molecule has 2 aromatic carbocycles. The molecule has 1 atom stereocenters. The van der Waals surface area contributed by atoms with E-state index in [0.717, 1.165) is 16.8 Å². The van der Waals surface area contributed by atoms with Gasteiger partial charge in [-0.15, -0.1) is 0 Å². The largest absolute Gasteiger partial charge is 0.495 e. The number of aryl methyl sites for hydroxylation is 1. The summed E-state index contributed by atoms with van der Waals surface area (Å²) in [5.41, 5.74) is 3.81. The molecule has 0 saturated carbocycles. The Labute approximate surface area is 165 Å². The predicted octanol–water partition coefficient (Wildman–Crippen LogP) is 3.22. The van der Waals surface area contributed by atoms with Crippen molar-refractivity contribution in [2.45, 2.75) is 19.9 Å². The highest BCUT2D eigenvalue weighted by Crippen LogP contribution is 2.25. The zero-order chi connectivity index (χ0) is 20.1. The van der Waals surface area contributed by atoms with Gasteiger partial charge in [-0.25, -0.2) is 9.67 Å². The SMILES string of the molecule is COc1ccc(C)cc1NC(=O)CN(C)[C@@H](C)c1ccc(-n2cncn2)cc1. The molecule has 146 valence electrons. The van der Waals surface area contributed by atoms with Crippen molar-refractivity contribution < 1.29 is 9.53 Å². The van der Waals surface area contributed by atoms with Gasteiger partial charge in [0.2, 0.25) is 5.91 Å². The Kier molecular flexibility index (Phi) is 6.06. The number of anilines is 1. The summed E-state index contributed by atoms with van der Waals surface area (Å²) >= 11 is 0. The third-order valence-electron chi connectivity index (χ3n) is 4.74. The lowest BCUT2D eigenvalue weighted by Crippen LogP contribution is -2.32. The number of amides is 1. The smallest absolute Gasteiger partial charge is 0.238 e. The first-order valence-electron chi connectivity index (χ1n) is 9.07. The van der Waals surface area contributed by atoms with Crippen LogP contribution in [0.3, 0.4) is 0 Å². The zero-order valence-corrected chi connectivity index (χ0v) is 16.6. The van der Waals surface area contributed by atoms with Crippen LogP contribution in [0.15, 0.2) is 55.1 Å². The van der Waals surface area contributed by atoms with Crippen LogP contribution in [-0.2, 0) is 4.79 Å². The van der Waals surface area contributed by atoms with Gasteiger partial charge in [0.25, 0.3) is 0 Å². The lowest BCUT2D eigenvalue weighted by Gasteiger charge is -2.25. The lowest BCUT2D eigenvalue weighted by atomic mass is 10.1. The number of hydrogen-bond acceptors (Lipinski definition) is 5. The summed E-state index contributed by atoms with van der Waals surface area (Å²) in [4.78, 5) is 18.5. The molecule has 3 aromatic rings. The molecule has 0 aliphatic heterocycles. The van der Waals surface area contributed by atoms with E-state index in [1.165, 1.54) is 6.33 Å². The highest BCUT2D eigenvalue weighted by atomic mass is 16.5. The molecule has 1 N–H and O–H groups in total. The summed E-state index contributed by atoms with van der Waals surface area (Å²) in [6, 6.07) is 13.9. The summed E-state index contributed by atoms with van der Waals surface area (Å²) in [6.45, 7) is 4.32. The first-order chi connectivity index (χ1) is 13.5. The minimum atomic E-state index is -0.0857. The predicted molar refractivity (Wildman–Crippen MR) is 109 cm³/mol. The molecule has 0 spiro atoms. The fourth-order valence-electron chi connectivity index (χ4n) is 2.97. The Morgan fingerprint density at radius 1 is 1.25 bits per heavy atom. The van der Waals surface area contributed by atoms with Gasteiger partial charge in [-0.1, -0.05) is 18.2 Å². The molecular formula is C21H25N5O2. The molecule has 3 rings (SSSR count). The number of nitrogens with zero attached hydrogens (tertiary/aromatic N) is 4. The number of ether oxygens (including phenoxy) is 1. The average molecular weight is 379 g/mol. The van der Waals surface area contributed by atoms with E-state index in [2.05, 4.69) is 22.3 Å². The van der Waals surface area contributed by atoms with Gasteiger partial charge in [0.1, 0.15) is 18.4 Å². The number of methoxy groups -OCH3 is 1. The summed E-state index contributed by atoms with van der Waals surface area (Å²) in [5, 5.41) is 7.07. The maximum absolute atomic E-state index is 12.5. The summed E-state index contributed by atoms with van der Waals surface area (Å²) < 4.78 is 7.03. The van der Waals surface area contributed by atoms with E-state index in [4.69, 9.17) is 4.74 Å². The van der Waals surface area contributed by atoms with Crippen LogP contribution >= 0.6 is 0 Å². The van der Waals surface area contributed by atoms with Gasteiger partial charge < -0.3 is 10.1 Å². The van der Waals surface area contributed by atoms with Crippen LogP contribution in [0.5, 0.6) is 5.75 Å². The maximum Gasteiger partial charge on any atom is 0.238 e. The quantitative estimate of drug-likeness (QED) is 0.682. The monoisotopic (exact) mass is 379 g/mol. The molecule has 28 heavy (non-hydrogen) atoms. The molecule has 0 bridgehead atoms. The van der Waals surface area contributed by atoms with Gasteiger partial charge in [0, 0.05) is 6.04 Å². The van der Waals surface area contributed by atoms with E-state index in [-0.39, 0.29) is 18.5 Å². The Morgan fingerprint density at radius 2 is 2.00 bits per heavy atom. The number of rotatable bonds is 7. The molecule has 1 aromatic heterocycles. The van der Waals surface area contributed by atoms with Gasteiger partial charge in [0.05, 0.1) is 25.0 Å². The van der Waals surface area contributed by atoms with E-state index in [1.807, 2.05) is 61.3 Å². The number of nitrogens with one attached hydrogen (secondary N) is 1.